The fraction of sp³-hybridized carbons (Fsp3) is 0.364. The molecular formula is C11H10F2N2O. The number of rotatable bonds is 2. The van der Waals surface area contributed by atoms with Crippen molar-refractivity contribution in [2.75, 3.05) is 13.2 Å². The number of nitrogens with two attached hydrogens (primary N) is 1. The first kappa shape index (κ1) is 11.0. The lowest BCUT2D eigenvalue weighted by atomic mass is 9.77. The summed E-state index contributed by atoms with van der Waals surface area (Å²) in [5, 5.41) is 9.00. The van der Waals surface area contributed by atoms with Crippen molar-refractivity contribution >= 4 is 0 Å². The van der Waals surface area contributed by atoms with E-state index in [1.165, 1.54) is 0 Å². The molecule has 2 N–H and O–H groups in total. The first-order valence-electron chi connectivity index (χ1n) is 4.78. The fourth-order valence-corrected chi connectivity index (χ4v) is 1.69. The average molecular weight is 224 g/mol. The van der Waals surface area contributed by atoms with Crippen LogP contribution in [0, 0.1) is 28.4 Å². The summed E-state index contributed by atoms with van der Waals surface area (Å²) < 4.78 is 31.4. The van der Waals surface area contributed by atoms with Crippen molar-refractivity contribution in [2.24, 2.45) is 11.1 Å². The molecule has 1 aliphatic rings. The van der Waals surface area contributed by atoms with E-state index in [0.717, 1.165) is 18.2 Å². The molecule has 5 heteroatoms. The van der Waals surface area contributed by atoms with E-state index in [0.29, 0.717) is 0 Å². The number of hydrogen-bond donors (Lipinski definition) is 1. The van der Waals surface area contributed by atoms with Crippen molar-refractivity contribution in [2.45, 2.75) is 6.04 Å². The van der Waals surface area contributed by atoms with E-state index in [1.807, 2.05) is 6.07 Å². The molecule has 16 heavy (non-hydrogen) atoms. The average Bonchev–Trinajstić information content (AvgIpc) is 2.21. The van der Waals surface area contributed by atoms with Gasteiger partial charge < -0.3 is 10.5 Å². The fourth-order valence-electron chi connectivity index (χ4n) is 1.69. The van der Waals surface area contributed by atoms with E-state index in [9.17, 15) is 8.78 Å². The van der Waals surface area contributed by atoms with Crippen LogP contribution in [0.15, 0.2) is 18.2 Å². The van der Waals surface area contributed by atoms with Crippen LogP contribution in [0.2, 0.25) is 0 Å². The summed E-state index contributed by atoms with van der Waals surface area (Å²) in [7, 11) is 0. The second kappa shape index (κ2) is 3.81. The van der Waals surface area contributed by atoms with Gasteiger partial charge in [-0.25, -0.2) is 8.78 Å². The van der Waals surface area contributed by atoms with E-state index < -0.39 is 23.1 Å². The molecule has 1 aromatic carbocycles. The Morgan fingerprint density at radius 1 is 1.44 bits per heavy atom. The molecule has 1 heterocycles. The molecule has 0 radical (unpaired) electrons. The van der Waals surface area contributed by atoms with Crippen molar-refractivity contribution in [3.63, 3.8) is 0 Å². The highest BCUT2D eigenvalue weighted by atomic mass is 19.1. The van der Waals surface area contributed by atoms with E-state index >= 15 is 0 Å². The van der Waals surface area contributed by atoms with Crippen LogP contribution in [0.25, 0.3) is 0 Å². The zero-order chi connectivity index (χ0) is 11.8. The number of hydrogen-bond acceptors (Lipinski definition) is 3. The second-order valence-corrected chi connectivity index (χ2v) is 3.90. The van der Waals surface area contributed by atoms with Gasteiger partial charge in [0.15, 0.2) is 0 Å². The van der Waals surface area contributed by atoms with Gasteiger partial charge in [0.25, 0.3) is 0 Å². The molecule has 3 nitrogen and oxygen atoms in total. The number of nitrogens with zero attached hydrogens (tertiary/aromatic N) is 1. The molecule has 1 atom stereocenters. The molecule has 0 aliphatic carbocycles. The minimum Gasteiger partial charge on any atom is -0.378 e. The Bertz CT molecular complexity index is 452. The van der Waals surface area contributed by atoms with Gasteiger partial charge in [-0.2, -0.15) is 5.26 Å². The SMILES string of the molecule is N#CC1(C(N)c2cc(F)ccc2F)COC1. The van der Waals surface area contributed by atoms with E-state index in [-0.39, 0.29) is 18.8 Å². The molecule has 2 rings (SSSR count). The molecule has 1 aliphatic heterocycles. The smallest absolute Gasteiger partial charge is 0.128 e. The summed E-state index contributed by atoms with van der Waals surface area (Å²) in [4.78, 5) is 0. The van der Waals surface area contributed by atoms with Crippen molar-refractivity contribution < 1.29 is 13.5 Å². The van der Waals surface area contributed by atoms with Gasteiger partial charge in [-0.05, 0) is 18.2 Å². The van der Waals surface area contributed by atoms with E-state index in [1.54, 1.807) is 0 Å². The lowest BCUT2D eigenvalue weighted by molar-refractivity contribution is -0.0915. The predicted molar refractivity (Wildman–Crippen MR) is 52.2 cm³/mol. The molecule has 0 amide bonds. The molecule has 1 fully saturated rings. The Labute approximate surface area is 91.4 Å². The van der Waals surface area contributed by atoms with Crippen molar-refractivity contribution in [1.29, 1.82) is 5.26 Å². The van der Waals surface area contributed by atoms with Crippen molar-refractivity contribution in [3.05, 3.63) is 35.4 Å². The lowest BCUT2D eigenvalue weighted by Crippen LogP contribution is -2.49. The zero-order valence-electron chi connectivity index (χ0n) is 8.41. The Morgan fingerprint density at radius 2 is 2.12 bits per heavy atom. The molecule has 0 aromatic heterocycles. The van der Waals surface area contributed by atoms with Crippen LogP contribution >= 0.6 is 0 Å². The summed E-state index contributed by atoms with van der Waals surface area (Å²) in [6, 6.07) is 4.20. The Balaban J connectivity index is 2.37. The van der Waals surface area contributed by atoms with Gasteiger partial charge >= 0.3 is 0 Å². The van der Waals surface area contributed by atoms with Crippen LogP contribution in [0.4, 0.5) is 8.78 Å². The highest BCUT2D eigenvalue weighted by molar-refractivity contribution is 5.28. The van der Waals surface area contributed by atoms with Gasteiger partial charge in [-0.3, -0.25) is 0 Å². The van der Waals surface area contributed by atoms with Crippen molar-refractivity contribution in [1.82, 2.24) is 0 Å². The largest absolute Gasteiger partial charge is 0.378 e. The van der Waals surface area contributed by atoms with E-state index in [2.05, 4.69) is 0 Å². The molecule has 1 unspecified atom stereocenters. The molecule has 84 valence electrons. The van der Waals surface area contributed by atoms with Crippen LogP contribution < -0.4 is 5.73 Å². The summed E-state index contributed by atoms with van der Waals surface area (Å²) in [5.74, 6) is -1.17. The van der Waals surface area contributed by atoms with Gasteiger partial charge in [-0.15, -0.1) is 0 Å². The van der Waals surface area contributed by atoms with Gasteiger partial charge in [-0.1, -0.05) is 0 Å². The number of ether oxygens (including phenoxy) is 1. The Hall–Kier alpha value is -1.51. The predicted octanol–water partition coefficient (Wildman–Crippen LogP) is 1.50. The molecule has 0 spiro atoms. The van der Waals surface area contributed by atoms with Crippen LogP contribution in [-0.4, -0.2) is 13.2 Å². The summed E-state index contributed by atoms with van der Waals surface area (Å²) >= 11 is 0. The molecule has 1 saturated heterocycles. The standard InChI is InChI=1S/C11H10F2N2O/c12-7-1-2-9(13)8(3-7)10(15)11(4-14)5-16-6-11/h1-3,10H,5-6,15H2. The number of nitriles is 1. The Morgan fingerprint density at radius 3 is 2.62 bits per heavy atom. The second-order valence-electron chi connectivity index (χ2n) is 3.90. The highest BCUT2D eigenvalue weighted by Gasteiger charge is 2.46. The lowest BCUT2D eigenvalue weighted by Gasteiger charge is -2.39. The van der Waals surface area contributed by atoms with Gasteiger partial charge in [0.2, 0.25) is 0 Å². The summed E-state index contributed by atoms with van der Waals surface area (Å²) in [6.07, 6.45) is 0. The topological polar surface area (TPSA) is 59.0 Å². The molecule has 1 aromatic rings. The third kappa shape index (κ3) is 1.56. The quantitative estimate of drug-likeness (QED) is 0.828. The highest BCUT2D eigenvalue weighted by Crippen LogP contribution is 2.39. The van der Waals surface area contributed by atoms with E-state index in [4.69, 9.17) is 15.7 Å². The number of benzene rings is 1. The molecule has 0 saturated carbocycles. The van der Waals surface area contributed by atoms with Crippen molar-refractivity contribution in [3.8, 4) is 6.07 Å². The maximum Gasteiger partial charge on any atom is 0.128 e. The minimum atomic E-state index is -0.936. The van der Waals surface area contributed by atoms with Gasteiger partial charge in [0, 0.05) is 5.56 Å². The zero-order valence-corrected chi connectivity index (χ0v) is 8.41. The van der Waals surface area contributed by atoms with Gasteiger partial charge in [0.05, 0.1) is 25.3 Å². The minimum absolute atomic E-state index is 0.0184. The summed E-state index contributed by atoms with van der Waals surface area (Å²) in [5.41, 5.74) is 4.89. The normalized spacial score (nSPS) is 19.6. The van der Waals surface area contributed by atoms with Crippen LogP contribution in [0.5, 0.6) is 0 Å². The molecule has 0 bridgehead atoms. The number of halogens is 2. The molecular weight excluding hydrogens is 214 g/mol. The third-order valence-corrected chi connectivity index (χ3v) is 2.83. The summed E-state index contributed by atoms with van der Waals surface area (Å²) in [6.45, 7) is 0.307. The van der Waals surface area contributed by atoms with Gasteiger partial charge in [0.1, 0.15) is 17.0 Å². The van der Waals surface area contributed by atoms with Crippen LogP contribution in [-0.2, 0) is 4.74 Å². The third-order valence-electron chi connectivity index (χ3n) is 2.83. The first-order chi connectivity index (χ1) is 7.59. The van der Waals surface area contributed by atoms with Crippen LogP contribution in [0.1, 0.15) is 11.6 Å². The maximum atomic E-state index is 13.5. The first-order valence-corrected chi connectivity index (χ1v) is 4.78. The van der Waals surface area contributed by atoms with Crippen LogP contribution in [0.3, 0.4) is 0 Å². The Kier molecular flexibility index (Phi) is 2.62. The monoisotopic (exact) mass is 224 g/mol. The maximum absolute atomic E-state index is 13.5.